The number of carbonyl (C=O) groups is 2. The number of para-hydroxylation sites is 1. The van der Waals surface area contributed by atoms with Crippen LogP contribution in [0.25, 0.3) is 0 Å². The number of carboxylic acid groups (broad SMARTS) is 1. The van der Waals surface area contributed by atoms with Crippen molar-refractivity contribution in [1.82, 2.24) is 4.90 Å². The fraction of sp³-hybridized carbons (Fsp3) is 0.459. The fourth-order valence-electron chi connectivity index (χ4n) is 6.24. The molecule has 0 spiro atoms. The molecule has 2 amide bonds. The average Bonchev–Trinajstić information content (AvgIpc) is 3.06. The number of ether oxygens (including phenoxy) is 4. The second-order valence-electron chi connectivity index (χ2n) is 12.1. The molecule has 3 aromatic carbocycles. The zero-order valence-corrected chi connectivity index (χ0v) is 26.9. The highest BCUT2D eigenvalue weighted by atomic mass is 16.5. The molecule has 0 aliphatic carbocycles. The van der Waals surface area contributed by atoms with Crippen molar-refractivity contribution >= 4 is 17.7 Å². The molecule has 5 rings (SSSR count). The van der Waals surface area contributed by atoms with Gasteiger partial charge in [-0.25, -0.2) is 4.79 Å². The van der Waals surface area contributed by atoms with Gasteiger partial charge in [0.1, 0.15) is 11.5 Å². The summed E-state index contributed by atoms with van der Waals surface area (Å²) in [5, 5.41) is 12.8. The number of rotatable bonds is 15. The number of piperidine rings is 1. The normalized spacial score (nSPS) is 18.4. The first-order chi connectivity index (χ1) is 22.4. The molecule has 3 atom stereocenters. The average molecular weight is 631 g/mol. The van der Waals surface area contributed by atoms with E-state index < -0.39 is 6.09 Å². The molecule has 9 nitrogen and oxygen atoms in total. The van der Waals surface area contributed by atoms with Crippen LogP contribution in [-0.4, -0.2) is 68.1 Å². The summed E-state index contributed by atoms with van der Waals surface area (Å²) in [5.74, 6) is 1.77. The Kier molecular flexibility index (Phi) is 11.9. The molecule has 3 aromatic rings. The molecular weight excluding hydrogens is 584 g/mol. The number of likely N-dealkylation sites (tertiary alicyclic amines) is 1. The monoisotopic (exact) mass is 630 g/mol. The first-order valence-electron chi connectivity index (χ1n) is 16.4. The maximum Gasteiger partial charge on any atom is 0.407 e. The Morgan fingerprint density at radius 1 is 0.978 bits per heavy atom. The van der Waals surface area contributed by atoms with Gasteiger partial charge in [0, 0.05) is 38.3 Å². The van der Waals surface area contributed by atoms with Gasteiger partial charge in [0.15, 0.2) is 0 Å². The van der Waals surface area contributed by atoms with Crippen molar-refractivity contribution in [2.75, 3.05) is 45.3 Å². The number of amides is 2. The number of fused-ring (bicyclic) bond motifs is 1. The Hall–Kier alpha value is -4.08. The lowest BCUT2D eigenvalue weighted by molar-refractivity contribution is -0.116. The highest BCUT2D eigenvalue weighted by Gasteiger charge is 2.35. The lowest BCUT2D eigenvalue weighted by Gasteiger charge is -2.39. The minimum Gasteiger partial charge on any atom is -0.494 e. The number of hydrogen-bond acceptors (Lipinski definition) is 6. The summed E-state index contributed by atoms with van der Waals surface area (Å²) in [5.41, 5.74) is 5.15. The van der Waals surface area contributed by atoms with Crippen LogP contribution in [0, 0.1) is 6.92 Å². The Morgan fingerprint density at radius 2 is 1.76 bits per heavy atom. The zero-order valence-electron chi connectivity index (χ0n) is 26.9. The second kappa shape index (κ2) is 16.5. The Balaban J connectivity index is 1.22. The van der Waals surface area contributed by atoms with Crippen LogP contribution < -0.4 is 14.8 Å². The van der Waals surface area contributed by atoms with Crippen LogP contribution in [0.1, 0.15) is 72.8 Å². The van der Waals surface area contributed by atoms with E-state index in [1.807, 2.05) is 49.4 Å². The Bertz CT molecular complexity index is 1440. The van der Waals surface area contributed by atoms with Crippen LogP contribution in [0.4, 0.5) is 10.5 Å². The van der Waals surface area contributed by atoms with Gasteiger partial charge >= 0.3 is 6.09 Å². The maximum atomic E-state index is 12.1. The number of hydrogen-bond donors (Lipinski definition) is 2. The molecule has 3 unspecified atom stereocenters. The minimum absolute atomic E-state index is 0.0190. The number of benzene rings is 3. The van der Waals surface area contributed by atoms with Crippen molar-refractivity contribution in [2.45, 2.75) is 70.0 Å². The highest BCUT2D eigenvalue weighted by molar-refractivity contribution is 5.94. The van der Waals surface area contributed by atoms with E-state index in [0.29, 0.717) is 45.6 Å². The van der Waals surface area contributed by atoms with Crippen LogP contribution in [-0.2, 0) is 20.7 Å². The standard InChI is InChI=1S/C37H46N2O7/c1-26-8-3-4-9-33(26)45-23-6-5-22-44-30-16-13-27(14-17-30)31-19-20-39(37(41)42)25-35(31)46-34(10-7-21-43-2)29-12-11-28-15-18-36(40)38-32(28)24-29/h3-4,8-9,11-14,16-17,24,31,34-35H,5-7,10,15,18-23,25H2,1-2H3,(H,38,40)(H,41,42). The van der Waals surface area contributed by atoms with Crippen molar-refractivity contribution < 1.29 is 33.6 Å². The Labute approximate surface area is 271 Å². The first kappa shape index (κ1) is 33.3. The van der Waals surface area contributed by atoms with Gasteiger partial charge < -0.3 is 34.3 Å². The van der Waals surface area contributed by atoms with Crippen LogP contribution in [0.2, 0.25) is 0 Å². The summed E-state index contributed by atoms with van der Waals surface area (Å²) in [6.07, 6.45) is 3.58. The molecule has 0 bridgehead atoms. The number of aryl methyl sites for hydroxylation is 2. The summed E-state index contributed by atoms with van der Waals surface area (Å²) in [7, 11) is 1.68. The summed E-state index contributed by atoms with van der Waals surface area (Å²) >= 11 is 0. The second-order valence-corrected chi connectivity index (χ2v) is 12.1. The van der Waals surface area contributed by atoms with Crippen molar-refractivity contribution in [3.05, 3.63) is 89.0 Å². The fourth-order valence-corrected chi connectivity index (χ4v) is 6.24. The molecule has 0 aromatic heterocycles. The van der Waals surface area contributed by atoms with E-state index in [1.54, 1.807) is 7.11 Å². The van der Waals surface area contributed by atoms with Crippen LogP contribution >= 0.6 is 0 Å². The molecule has 1 fully saturated rings. The van der Waals surface area contributed by atoms with Gasteiger partial charge in [0.05, 0.1) is 32.0 Å². The molecule has 0 radical (unpaired) electrons. The van der Waals surface area contributed by atoms with Crippen molar-refractivity contribution in [2.24, 2.45) is 0 Å². The smallest absolute Gasteiger partial charge is 0.407 e. The van der Waals surface area contributed by atoms with Crippen LogP contribution in [0.3, 0.4) is 0 Å². The van der Waals surface area contributed by atoms with E-state index in [-0.39, 0.29) is 30.6 Å². The van der Waals surface area contributed by atoms with Crippen molar-refractivity contribution in [1.29, 1.82) is 0 Å². The van der Waals surface area contributed by atoms with E-state index >= 15 is 0 Å². The Morgan fingerprint density at radius 3 is 2.52 bits per heavy atom. The molecule has 2 heterocycles. The predicted molar refractivity (Wildman–Crippen MR) is 177 cm³/mol. The van der Waals surface area contributed by atoms with Gasteiger partial charge in [-0.1, -0.05) is 42.5 Å². The van der Waals surface area contributed by atoms with Crippen LogP contribution in [0.5, 0.6) is 11.5 Å². The lowest BCUT2D eigenvalue weighted by atomic mass is 9.86. The third kappa shape index (κ3) is 9.01. The topological polar surface area (TPSA) is 107 Å². The van der Waals surface area contributed by atoms with E-state index in [9.17, 15) is 14.7 Å². The van der Waals surface area contributed by atoms with E-state index in [0.717, 1.165) is 65.1 Å². The quantitative estimate of drug-likeness (QED) is 0.172. The number of unbranched alkanes of at least 4 members (excludes halogenated alkanes) is 1. The predicted octanol–water partition coefficient (Wildman–Crippen LogP) is 7.14. The molecule has 1 saturated heterocycles. The summed E-state index contributed by atoms with van der Waals surface area (Å²) < 4.78 is 24.1. The van der Waals surface area contributed by atoms with Gasteiger partial charge in [-0.05, 0) is 92.0 Å². The number of nitrogens with zero attached hydrogens (tertiary/aromatic N) is 1. The molecule has 2 aliphatic heterocycles. The zero-order chi connectivity index (χ0) is 32.3. The molecular formula is C37H46N2O7. The third-order valence-corrected chi connectivity index (χ3v) is 8.85. The number of methoxy groups -OCH3 is 1. The molecule has 46 heavy (non-hydrogen) atoms. The SMILES string of the molecule is COCCCC(OC1CN(C(=O)O)CCC1c1ccc(OCCCCOc2ccccc2C)cc1)c1ccc2c(c1)NC(=O)CC2. The molecule has 246 valence electrons. The highest BCUT2D eigenvalue weighted by Crippen LogP contribution is 2.37. The third-order valence-electron chi connectivity index (χ3n) is 8.85. The van der Waals surface area contributed by atoms with E-state index in [2.05, 4.69) is 29.6 Å². The maximum absolute atomic E-state index is 12.1. The van der Waals surface area contributed by atoms with Gasteiger partial charge in [0.25, 0.3) is 0 Å². The van der Waals surface area contributed by atoms with Gasteiger partial charge in [-0.2, -0.15) is 0 Å². The largest absolute Gasteiger partial charge is 0.494 e. The molecule has 2 aliphatic rings. The van der Waals surface area contributed by atoms with E-state index in [1.165, 1.54) is 4.90 Å². The van der Waals surface area contributed by atoms with Gasteiger partial charge in [-0.3, -0.25) is 4.79 Å². The molecule has 2 N–H and O–H groups in total. The van der Waals surface area contributed by atoms with Crippen molar-refractivity contribution in [3.63, 3.8) is 0 Å². The number of anilines is 1. The van der Waals surface area contributed by atoms with Gasteiger partial charge in [-0.15, -0.1) is 0 Å². The first-order valence-corrected chi connectivity index (χ1v) is 16.4. The lowest BCUT2D eigenvalue weighted by Crippen LogP contribution is -2.46. The number of carbonyl (C=O) groups excluding carboxylic acids is 1. The summed E-state index contributed by atoms with van der Waals surface area (Å²) in [6.45, 7) is 4.62. The summed E-state index contributed by atoms with van der Waals surface area (Å²) in [4.78, 5) is 25.5. The van der Waals surface area contributed by atoms with Gasteiger partial charge in [0.2, 0.25) is 5.91 Å². The summed E-state index contributed by atoms with van der Waals surface area (Å²) in [6, 6.07) is 22.3. The molecule has 0 saturated carbocycles. The van der Waals surface area contributed by atoms with Crippen LogP contribution in [0.15, 0.2) is 66.7 Å². The van der Waals surface area contributed by atoms with Crippen molar-refractivity contribution in [3.8, 4) is 11.5 Å². The number of nitrogens with one attached hydrogen (secondary N) is 1. The molecule has 9 heteroatoms. The minimum atomic E-state index is -0.937. The van der Waals surface area contributed by atoms with E-state index in [4.69, 9.17) is 18.9 Å².